The summed E-state index contributed by atoms with van der Waals surface area (Å²) in [6.07, 6.45) is 2.00. The van der Waals surface area contributed by atoms with Crippen LogP contribution >= 0.6 is 27.3 Å². The van der Waals surface area contributed by atoms with Crippen LogP contribution in [0.4, 0.5) is 4.39 Å². The van der Waals surface area contributed by atoms with Crippen LogP contribution < -0.4 is 5.73 Å². The maximum Gasteiger partial charge on any atom is 0.141 e. The molecule has 2 heterocycles. The normalized spacial score (nSPS) is 12.8. The van der Waals surface area contributed by atoms with Crippen molar-refractivity contribution >= 4 is 27.3 Å². The fraction of sp³-hybridized carbons (Fsp3) is 0.357. The molecule has 20 heavy (non-hydrogen) atoms. The highest BCUT2D eigenvalue weighted by molar-refractivity contribution is 9.11. The SMILES string of the molecule is CN(CCC(N)c1ccc(F)cn1)Cc1csc(Br)c1. The lowest BCUT2D eigenvalue weighted by atomic mass is 10.1. The second-order valence-corrected chi connectivity index (χ2v) is 7.08. The predicted molar refractivity (Wildman–Crippen MR) is 84.1 cm³/mol. The van der Waals surface area contributed by atoms with Crippen LogP contribution in [0.25, 0.3) is 0 Å². The number of hydrogen-bond acceptors (Lipinski definition) is 4. The van der Waals surface area contributed by atoms with Gasteiger partial charge in [0.2, 0.25) is 0 Å². The average molecular weight is 358 g/mol. The monoisotopic (exact) mass is 357 g/mol. The molecule has 3 nitrogen and oxygen atoms in total. The van der Waals surface area contributed by atoms with Crippen molar-refractivity contribution in [1.82, 2.24) is 9.88 Å². The quantitative estimate of drug-likeness (QED) is 0.859. The highest BCUT2D eigenvalue weighted by Gasteiger charge is 2.10. The van der Waals surface area contributed by atoms with Crippen molar-refractivity contribution in [2.24, 2.45) is 5.73 Å². The van der Waals surface area contributed by atoms with E-state index < -0.39 is 0 Å². The van der Waals surface area contributed by atoms with Crippen LogP contribution in [0, 0.1) is 5.82 Å². The Morgan fingerprint density at radius 3 is 2.90 bits per heavy atom. The van der Waals surface area contributed by atoms with Gasteiger partial charge in [-0.25, -0.2) is 4.39 Å². The van der Waals surface area contributed by atoms with E-state index in [9.17, 15) is 4.39 Å². The summed E-state index contributed by atoms with van der Waals surface area (Å²) in [4.78, 5) is 6.24. The third-order valence-electron chi connectivity index (χ3n) is 3.03. The lowest BCUT2D eigenvalue weighted by Gasteiger charge is -2.18. The number of hydrogen-bond donors (Lipinski definition) is 1. The Morgan fingerprint density at radius 2 is 2.30 bits per heavy atom. The molecule has 0 aliphatic rings. The molecule has 2 aromatic rings. The molecule has 0 aliphatic carbocycles. The predicted octanol–water partition coefficient (Wildman–Crippen LogP) is 3.57. The smallest absolute Gasteiger partial charge is 0.141 e. The van der Waals surface area contributed by atoms with E-state index in [1.54, 1.807) is 17.4 Å². The number of pyridine rings is 1. The van der Waals surface area contributed by atoms with Crippen molar-refractivity contribution in [3.8, 4) is 0 Å². The van der Waals surface area contributed by atoms with Crippen LogP contribution in [0.5, 0.6) is 0 Å². The summed E-state index contributed by atoms with van der Waals surface area (Å²) in [7, 11) is 2.07. The zero-order valence-corrected chi connectivity index (χ0v) is 13.6. The first-order chi connectivity index (χ1) is 9.54. The van der Waals surface area contributed by atoms with Crippen molar-refractivity contribution in [1.29, 1.82) is 0 Å². The first-order valence-electron chi connectivity index (χ1n) is 6.33. The highest BCUT2D eigenvalue weighted by atomic mass is 79.9. The molecule has 0 fully saturated rings. The molecule has 1 atom stereocenters. The van der Waals surface area contributed by atoms with Crippen LogP contribution in [0.2, 0.25) is 0 Å². The molecule has 0 bridgehead atoms. The maximum absolute atomic E-state index is 12.8. The van der Waals surface area contributed by atoms with E-state index in [-0.39, 0.29) is 11.9 Å². The number of nitrogens with two attached hydrogens (primary N) is 1. The van der Waals surface area contributed by atoms with E-state index in [4.69, 9.17) is 5.73 Å². The van der Waals surface area contributed by atoms with E-state index in [2.05, 4.69) is 44.3 Å². The number of halogens is 2. The van der Waals surface area contributed by atoms with Gasteiger partial charge in [0.15, 0.2) is 0 Å². The summed E-state index contributed by atoms with van der Waals surface area (Å²) in [6, 6.07) is 5.01. The van der Waals surface area contributed by atoms with Gasteiger partial charge < -0.3 is 10.6 Å². The zero-order chi connectivity index (χ0) is 14.5. The molecular weight excluding hydrogens is 341 g/mol. The van der Waals surface area contributed by atoms with Gasteiger partial charge in [-0.2, -0.15) is 0 Å². The van der Waals surface area contributed by atoms with Gasteiger partial charge in [-0.05, 0) is 58.5 Å². The number of aromatic nitrogens is 1. The average Bonchev–Trinajstić information content (AvgIpc) is 2.82. The van der Waals surface area contributed by atoms with Gasteiger partial charge in [0.25, 0.3) is 0 Å². The Bertz CT molecular complexity index is 544. The summed E-state index contributed by atoms with van der Waals surface area (Å²) in [5, 5.41) is 2.14. The first-order valence-corrected chi connectivity index (χ1v) is 8.00. The van der Waals surface area contributed by atoms with Gasteiger partial charge in [0, 0.05) is 19.1 Å². The Balaban J connectivity index is 1.80. The van der Waals surface area contributed by atoms with Crippen LogP contribution in [0.3, 0.4) is 0 Å². The molecule has 0 spiro atoms. The lowest BCUT2D eigenvalue weighted by molar-refractivity contribution is 0.311. The van der Waals surface area contributed by atoms with Crippen molar-refractivity contribution in [3.05, 3.63) is 50.6 Å². The van der Waals surface area contributed by atoms with Crippen molar-refractivity contribution in [3.63, 3.8) is 0 Å². The molecule has 0 saturated carbocycles. The Hall–Kier alpha value is -0.820. The van der Waals surface area contributed by atoms with Crippen LogP contribution in [0.1, 0.15) is 23.7 Å². The second-order valence-electron chi connectivity index (χ2n) is 4.79. The minimum Gasteiger partial charge on any atom is -0.323 e. The largest absolute Gasteiger partial charge is 0.323 e. The minimum atomic E-state index is -0.332. The van der Waals surface area contributed by atoms with Crippen molar-refractivity contribution in [2.75, 3.05) is 13.6 Å². The zero-order valence-electron chi connectivity index (χ0n) is 11.2. The van der Waals surface area contributed by atoms with E-state index in [1.165, 1.54) is 17.8 Å². The Morgan fingerprint density at radius 1 is 1.50 bits per heavy atom. The Labute approximate surface area is 130 Å². The molecule has 0 radical (unpaired) electrons. The molecular formula is C14H17BrFN3S. The molecule has 2 rings (SSSR count). The highest BCUT2D eigenvalue weighted by Crippen LogP contribution is 2.21. The molecule has 2 aromatic heterocycles. The Kier molecular flexibility index (Phi) is 5.65. The van der Waals surface area contributed by atoms with Crippen LogP contribution in [0.15, 0.2) is 33.6 Å². The van der Waals surface area contributed by atoms with E-state index >= 15 is 0 Å². The number of rotatable bonds is 6. The second kappa shape index (κ2) is 7.26. The van der Waals surface area contributed by atoms with Gasteiger partial charge in [-0.1, -0.05) is 0 Å². The number of nitrogens with zero attached hydrogens (tertiary/aromatic N) is 2. The molecule has 108 valence electrons. The summed E-state index contributed by atoms with van der Waals surface area (Å²) >= 11 is 5.15. The van der Waals surface area contributed by atoms with Crippen molar-refractivity contribution < 1.29 is 4.39 Å². The van der Waals surface area contributed by atoms with Crippen molar-refractivity contribution in [2.45, 2.75) is 19.0 Å². The van der Waals surface area contributed by atoms with Gasteiger partial charge in [-0.15, -0.1) is 11.3 Å². The first kappa shape index (κ1) is 15.6. The standard InChI is InChI=1S/C14H17BrFN3S/c1-19(8-10-6-14(15)20-9-10)5-4-12(17)13-3-2-11(16)7-18-13/h2-3,6-7,9,12H,4-5,8,17H2,1H3. The molecule has 0 aliphatic heterocycles. The molecule has 0 amide bonds. The van der Waals surface area contributed by atoms with Crippen LogP contribution in [-0.2, 0) is 6.54 Å². The third kappa shape index (κ3) is 4.63. The summed E-state index contributed by atoms with van der Waals surface area (Å²) in [5.74, 6) is -0.332. The molecule has 6 heteroatoms. The van der Waals surface area contributed by atoms with Gasteiger partial charge in [-0.3, -0.25) is 4.98 Å². The van der Waals surface area contributed by atoms with Gasteiger partial charge in [0.05, 0.1) is 15.7 Å². The van der Waals surface area contributed by atoms with E-state index in [0.717, 1.165) is 29.0 Å². The molecule has 0 saturated heterocycles. The minimum absolute atomic E-state index is 0.160. The third-order valence-corrected chi connectivity index (χ3v) is 4.58. The van der Waals surface area contributed by atoms with Crippen LogP contribution in [-0.4, -0.2) is 23.5 Å². The number of thiophene rings is 1. The molecule has 1 unspecified atom stereocenters. The fourth-order valence-electron chi connectivity index (χ4n) is 1.93. The van der Waals surface area contributed by atoms with Gasteiger partial charge in [0.1, 0.15) is 5.82 Å². The fourth-order valence-corrected chi connectivity index (χ4v) is 3.13. The van der Waals surface area contributed by atoms with E-state index in [1.807, 2.05) is 0 Å². The van der Waals surface area contributed by atoms with Gasteiger partial charge >= 0.3 is 0 Å². The molecule has 0 aromatic carbocycles. The lowest BCUT2D eigenvalue weighted by Crippen LogP contribution is -2.23. The summed E-state index contributed by atoms with van der Waals surface area (Å²) < 4.78 is 13.9. The topological polar surface area (TPSA) is 42.1 Å². The van der Waals surface area contributed by atoms with E-state index in [0.29, 0.717) is 0 Å². The molecule has 2 N–H and O–H groups in total. The maximum atomic E-state index is 12.8. The summed E-state index contributed by atoms with van der Waals surface area (Å²) in [5.41, 5.74) is 8.10. The summed E-state index contributed by atoms with van der Waals surface area (Å²) in [6.45, 7) is 1.76.